The number of aromatic hydroxyl groups is 2. The van der Waals surface area contributed by atoms with E-state index < -0.39 is 17.8 Å². The van der Waals surface area contributed by atoms with Crippen LogP contribution in [0.5, 0.6) is 23.0 Å². The van der Waals surface area contributed by atoms with Gasteiger partial charge >= 0.3 is 0 Å². The van der Waals surface area contributed by atoms with Gasteiger partial charge in [-0.2, -0.15) is 0 Å². The first-order valence-electron chi connectivity index (χ1n) is 8.67. The summed E-state index contributed by atoms with van der Waals surface area (Å²) in [7, 11) is 2.92. The maximum Gasteiger partial charge on any atom is 0.184 e. The van der Waals surface area contributed by atoms with Gasteiger partial charge in [0, 0.05) is 18.3 Å². The first-order chi connectivity index (χ1) is 12.9. The van der Waals surface area contributed by atoms with E-state index in [1.165, 1.54) is 20.3 Å². The lowest BCUT2D eigenvalue weighted by atomic mass is 9.65. The van der Waals surface area contributed by atoms with Crippen molar-refractivity contribution in [3.05, 3.63) is 47.0 Å². The maximum atomic E-state index is 11.2. The third-order valence-electron chi connectivity index (χ3n) is 5.72. The third-order valence-corrected chi connectivity index (χ3v) is 5.72. The van der Waals surface area contributed by atoms with Crippen molar-refractivity contribution < 1.29 is 34.6 Å². The van der Waals surface area contributed by atoms with Gasteiger partial charge in [0.15, 0.2) is 29.3 Å². The van der Waals surface area contributed by atoms with Gasteiger partial charge < -0.3 is 34.6 Å². The Morgan fingerprint density at radius 2 is 1.74 bits per heavy atom. The van der Waals surface area contributed by atoms with E-state index in [9.17, 15) is 20.4 Å². The molecule has 144 valence electrons. The maximum absolute atomic E-state index is 11.2. The zero-order chi connectivity index (χ0) is 19.3. The van der Waals surface area contributed by atoms with Crippen molar-refractivity contribution in [3.8, 4) is 23.0 Å². The largest absolute Gasteiger partial charge is 0.504 e. The lowest BCUT2D eigenvalue weighted by Gasteiger charge is -2.42. The lowest BCUT2D eigenvalue weighted by Crippen LogP contribution is -2.50. The van der Waals surface area contributed by atoms with E-state index >= 15 is 0 Å². The molecule has 4 rings (SSSR count). The van der Waals surface area contributed by atoms with E-state index in [4.69, 9.17) is 14.2 Å². The molecule has 27 heavy (non-hydrogen) atoms. The van der Waals surface area contributed by atoms with Gasteiger partial charge in [-0.15, -0.1) is 0 Å². The number of methoxy groups -OCH3 is 2. The van der Waals surface area contributed by atoms with Crippen LogP contribution < -0.4 is 9.47 Å². The molecule has 1 heterocycles. The standard InChI is InChI=1S/C20H22O7/c1-25-16-5-10(3-4-14(16)21)18-12-7-15(22)17(26-2)6-11(12)8-20(24)13(18)9-27-19(20)23/h3-7,13,18-19,21-24H,8-9H2,1-2H3. The molecule has 1 aliphatic carbocycles. The van der Waals surface area contributed by atoms with Crippen LogP contribution in [0.1, 0.15) is 22.6 Å². The number of benzene rings is 2. The molecule has 0 amide bonds. The zero-order valence-corrected chi connectivity index (χ0v) is 15.0. The molecule has 2 aliphatic rings. The molecule has 2 aromatic carbocycles. The fourth-order valence-corrected chi connectivity index (χ4v) is 4.32. The Morgan fingerprint density at radius 3 is 2.44 bits per heavy atom. The van der Waals surface area contributed by atoms with Crippen LogP contribution in [-0.4, -0.2) is 53.1 Å². The highest BCUT2D eigenvalue weighted by Crippen LogP contribution is 2.52. The molecule has 0 bridgehead atoms. The molecule has 0 saturated carbocycles. The van der Waals surface area contributed by atoms with E-state index in [-0.39, 0.29) is 30.4 Å². The fraction of sp³-hybridized carbons (Fsp3) is 0.400. The van der Waals surface area contributed by atoms with E-state index in [0.29, 0.717) is 11.5 Å². The van der Waals surface area contributed by atoms with E-state index in [2.05, 4.69) is 0 Å². The zero-order valence-electron chi connectivity index (χ0n) is 15.0. The van der Waals surface area contributed by atoms with E-state index in [0.717, 1.165) is 16.7 Å². The molecule has 1 saturated heterocycles. The fourth-order valence-electron chi connectivity index (χ4n) is 4.32. The summed E-state index contributed by atoms with van der Waals surface area (Å²) in [4.78, 5) is 0. The second-order valence-electron chi connectivity index (χ2n) is 7.09. The quantitative estimate of drug-likeness (QED) is 0.645. The minimum Gasteiger partial charge on any atom is -0.504 e. The van der Waals surface area contributed by atoms with Gasteiger partial charge in [-0.25, -0.2) is 0 Å². The Balaban J connectivity index is 1.92. The first kappa shape index (κ1) is 17.9. The van der Waals surface area contributed by atoms with Crippen molar-refractivity contribution in [2.24, 2.45) is 5.92 Å². The topological polar surface area (TPSA) is 109 Å². The summed E-state index contributed by atoms with van der Waals surface area (Å²) < 4.78 is 15.8. The van der Waals surface area contributed by atoms with Crippen LogP contribution >= 0.6 is 0 Å². The average Bonchev–Trinajstić information content (AvgIpc) is 2.94. The Kier molecular flexibility index (Phi) is 4.18. The van der Waals surface area contributed by atoms with Crippen LogP contribution in [0, 0.1) is 5.92 Å². The molecule has 1 fully saturated rings. The number of ether oxygens (including phenoxy) is 3. The SMILES string of the molecule is COc1cc(C2c3cc(O)c(OC)cc3CC3(O)C(O)OCC23)ccc1O. The van der Waals surface area contributed by atoms with E-state index in [1.807, 2.05) is 0 Å². The molecule has 4 unspecified atom stereocenters. The van der Waals surface area contributed by atoms with Gasteiger partial charge in [0.1, 0.15) is 5.60 Å². The highest BCUT2D eigenvalue weighted by atomic mass is 16.6. The van der Waals surface area contributed by atoms with Crippen LogP contribution in [0.2, 0.25) is 0 Å². The molecule has 7 heteroatoms. The number of hydrogen-bond acceptors (Lipinski definition) is 7. The average molecular weight is 374 g/mol. The summed E-state index contributed by atoms with van der Waals surface area (Å²) in [5.74, 6) is -0.194. The van der Waals surface area contributed by atoms with E-state index in [1.54, 1.807) is 24.3 Å². The Morgan fingerprint density at radius 1 is 1.04 bits per heavy atom. The number of aliphatic hydroxyl groups excluding tert-OH is 1. The summed E-state index contributed by atoms with van der Waals surface area (Å²) in [5, 5.41) is 41.7. The number of phenols is 2. The van der Waals surface area contributed by atoms with Crippen LogP contribution in [0.4, 0.5) is 0 Å². The molecular weight excluding hydrogens is 352 g/mol. The van der Waals surface area contributed by atoms with Gasteiger partial charge in [-0.3, -0.25) is 0 Å². The summed E-state index contributed by atoms with van der Waals surface area (Å²) in [6.45, 7) is 0.164. The predicted octanol–water partition coefficient (Wildman–Crippen LogP) is 1.50. The summed E-state index contributed by atoms with van der Waals surface area (Å²) in [5.41, 5.74) is 0.875. The minimum atomic E-state index is -1.47. The molecule has 0 spiro atoms. The van der Waals surface area contributed by atoms with Crippen molar-refractivity contribution in [1.82, 2.24) is 0 Å². The Hall–Kier alpha value is -2.48. The van der Waals surface area contributed by atoms with Crippen molar-refractivity contribution in [2.75, 3.05) is 20.8 Å². The Labute approximate surface area is 156 Å². The third kappa shape index (κ3) is 2.62. The molecule has 4 N–H and O–H groups in total. The highest BCUT2D eigenvalue weighted by Gasteiger charge is 2.56. The summed E-state index contributed by atoms with van der Waals surface area (Å²) in [6.07, 6.45) is -1.13. The van der Waals surface area contributed by atoms with Crippen LogP contribution in [0.15, 0.2) is 30.3 Å². The van der Waals surface area contributed by atoms with Gasteiger partial charge in [0.25, 0.3) is 0 Å². The highest BCUT2D eigenvalue weighted by molar-refractivity contribution is 5.54. The van der Waals surface area contributed by atoms with Crippen molar-refractivity contribution in [2.45, 2.75) is 24.2 Å². The molecule has 0 aromatic heterocycles. The molecular formula is C20H22O7. The van der Waals surface area contributed by atoms with Gasteiger partial charge in [-0.1, -0.05) is 6.07 Å². The molecule has 2 aromatic rings. The number of rotatable bonds is 3. The molecule has 0 radical (unpaired) electrons. The number of fused-ring (bicyclic) bond motifs is 2. The summed E-state index contributed by atoms with van der Waals surface area (Å²) >= 11 is 0. The summed E-state index contributed by atoms with van der Waals surface area (Å²) in [6, 6.07) is 8.26. The van der Waals surface area contributed by atoms with Crippen LogP contribution in [0.25, 0.3) is 0 Å². The van der Waals surface area contributed by atoms with Crippen molar-refractivity contribution in [1.29, 1.82) is 0 Å². The predicted molar refractivity (Wildman–Crippen MR) is 95.3 cm³/mol. The number of hydrogen-bond donors (Lipinski definition) is 4. The lowest BCUT2D eigenvalue weighted by molar-refractivity contribution is -0.166. The van der Waals surface area contributed by atoms with Gasteiger partial charge in [0.2, 0.25) is 0 Å². The van der Waals surface area contributed by atoms with Crippen LogP contribution in [0.3, 0.4) is 0 Å². The molecule has 1 aliphatic heterocycles. The first-order valence-corrected chi connectivity index (χ1v) is 8.67. The number of aliphatic hydroxyl groups is 2. The Bertz CT molecular complexity index is 881. The molecule has 7 nitrogen and oxygen atoms in total. The smallest absolute Gasteiger partial charge is 0.184 e. The normalized spacial score (nSPS) is 29.1. The van der Waals surface area contributed by atoms with Crippen LogP contribution in [-0.2, 0) is 11.2 Å². The monoisotopic (exact) mass is 374 g/mol. The van der Waals surface area contributed by atoms with Gasteiger partial charge in [-0.05, 0) is 41.0 Å². The van der Waals surface area contributed by atoms with Crippen molar-refractivity contribution in [3.63, 3.8) is 0 Å². The second-order valence-corrected chi connectivity index (χ2v) is 7.09. The van der Waals surface area contributed by atoms with Gasteiger partial charge in [0.05, 0.1) is 20.8 Å². The minimum absolute atomic E-state index is 0.00287. The number of phenolic OH excluding ortho intramolecular Hbond substituents is 2. The second kappa shape index (κ2) is 6.30. The molecule has 4 atom stereocenters. The van der Waals surface area contributed by atoms with Crippen molar-refractivity contribution >= 4 is 0 Å².